The van der Waals surface area contributed by atoms with Crippen molar-refractivity contribution in [3.05, 3.63) is 35.9 Å². The Kier molecular flexibility index (Phi) is 7.47. The van der Waals surface area contributed by atoms with Gasteiger partial charge in [0.15, 0.2) is 0 Å². The molecule has 2 atom stereocenters. The average molecular weight is 456 g/mol. The predicted octanol–water partition coefficient (Wildman–Crippen LogP) is 1.25. The smallest absolute Gasteiger partial charge is 0.317 e. The number of carbonyl (C=O) groups is 4. The van der Waals surface area contributed by atoms with Gasteiger partial charge in [0.2, 0.25) is 11.8 Å². The Morgan fingerprint density at radius 3 is 2.39 bits per heavy atom. The number of nitrogens with zero attached hydrogens (tertiary/aromatic N) is 2. The normalized spacial score (nSPS) is 24.1. The van der Waals surface area contributed by atoms with Gasteiger partial charge in [-0.1, -0.05) is 37.5 Å². The summed E-state index contributed by atoms with van der Waals surface area (Å²) >= 11 is 0. The molecule has 1 saturated carbocycles. The van der Waals surface area contributed by atoms with Crippen LogP contribution in [-0.4, -0.2) is 77.9 Å². The quantitative estimate of drug-likeness (QED) is 0.635. The van der Waals surface area contributed by atoms with Gasteiger partial charge in [0.05, 0.1) is 6.54 Å². The number of benzene rings is 1. The predicted molar refractivity (Wildman–Crippen MR) is 122 cm³/mol. The average Bonchev–Trinajstić information content (AvgIpc) is 2.85. The summed E-state index contributed by atoms with van der Waals surface area (Å²) in [5.74, 6) is -0.870. The Morgan fingerprint density at radius 2 is 1.67 bits per heavy atom. The van der Waals surface area contributed by atoms with Crippen LogP contribution >= 0.6 is 0 Å². The molecule has 0 unspecified atom stereocenters. The molecule has 1 aliphatic carbocycles. The van der Waals surface area contributed by atoms with E-state index in [0.717, 1.165) is 32.1 Å². The molecular weight excluding hydrogens is 422 g/mol. The van der Waals surface area contributed by atoms with Gasteiger partial charge in [-0.25, -0.2) is 4.79 Å². The highest BCUT2D eigenvalue weighted by molar-refractivity contribution is 5.99. The van der Waals surface area contributed by atoms with Crippen LogP contribution in [0.1, 0.15) is 55.3 Å². The summed E-state index contributed by atoms with van der Waals surface area (Å²) in [7, 11) is 0. The highest BCUT2D eigenvalue weighted by atomic mass is 16.2. The minimum atomic E-state index is -0.863. The topological polar surface area (TPSA) is 111 Å². The van der Waals surface area contributed by atoms with Gasteiger partial charge >= 0.3 is 6.03 Å². The van der Waals surface area contributed by atoms with E-state index in [4.69, 9.17) is 0 Å². The zero-order valence-electron chi connectivity index (χ0n) is 18.9. The van der Waals surface area contributed by atoms with Crippen LogP contribution in [0.25, 0.3) is 0 Å². The molecule has 9 nitrogen and oxygen atoms in total. The van der Waals surface area contributed by atoms with Crippen molar-refractivity contribution in [1.29, 1.82) is 0 Å². The molecule has 0 spiro atoms. The summed E-state index contributed by atoms with van der Waals surface area (Å²) in [6.07, 6.45) is 6.70. The fraction of sp³-hybridized carbons (Fsp3) is 0.583. The third-order valence-electron chi connectivity index (χ3n) is 6.79. The van der Waals surface area contributed by atoms with E-state index in [9.17, 15) is 19.2 Å². The lowest BCUT2D eigenvalue weighted by Gasteiger charge is -2.41. The van der Waals surface area contributed by atoms with Crippen LogP contribution in [0, 0.1) is 0 Å². The zero-order chi connectivity index (χ0) is 23.2. The number of piperazine rings is 1. The Morgan fingerprint density at radius 1 is 0.909 bits per heavy atom. The first-order valence-electron chi connectivity index (χ1n) is 12.0. The van der Waals surface area contributed by atoms with E-state index in [-0.39, 0.29) is 37.0 Å². The number of rotatable bonds is 4. The molecule has 0 radical (unpaired) electrons. The molecular formula is C24H33N5O4. The number of amides is 5. The molecule has 0 bridgehead atoms. The number of carbonyl (C=O) groups excluding carboxylic acids is 4. The van der Waals surface area contributed by atoms with Crippen molar-refractivity contribution < 1.29 is 19.2 Å². The molecule has 9 heteroatoms. The first-order valence-corrected chi connectivity index (χ1v) is 12.0. The van der Waals surface area contributed by atoms with Gasteiger partial charge in [-0.2, -0.15) is 0 Å². The van der Waals surface area contributed by atoms with Crippen LogP contribution in [0.15, 0.2) is 30.3 Å². The SMILES string of the molecule is O=C1NCCC[C@@H]1NC(=O)[C@@H]1CN(C(=O)NC2CCCCC2)CCN1C(=O)c1ccccc1. The zero-order valence-corrected chi connectivity index (χ0v) is 18.9. The van der Waals surface area contributed by atoms with Gasteiger partial charge in [-0.3, -0.25) is 14.4 Å². The van der Waals surface area contributed by atoms with E-state index in [2.05, 4.69) is 16.0 Å². The lowest BCUT2D eigenvalue weighted by atomic mass is 9.96. The van der Waals surface area contributed by atoms with Gasteiger partial charge in [0, 0.05) is 31.2 Å². The van der Waals surface area contributed by atoms with Crippen molar-refractivity contribution in [3.63, 3.8) is 0 Å². The molecule has 3 N–H and O–H groups in total. The first kappa shape index (κ1) is 23.1. The second kappa shape index (κ2) is 10.7. The Hall–Kier alpha value is -3.10. The van der Waals surface area contributed by atoms with Crippen molar-refractivity contribution in [2.45, 2.75) is 63.1 Å². The van der Waals surface area contributed by atoms with Gasteiger partial charge in [-0.15, -0.1) is 0 Å². The monoisotopic (exact) mass is 455 g/mol. The molecule has 5 amide bonds. The number of nitrogens with one attached hydrogen (secondary N) is 3. The van der Waals surface area contributed by atoms with Gasteiger partial charge in [0.1, 0.15) is 12.1 Å². The molecule has 2 saturated heterocycles. The van der Waals surface area contributed by atoms with Crippen molar-refractivity contribution in [2.75, 3.05) is 26.2 Å². The van der Waals surface area contributed by atoms with E-state index in [0.29, 0.717) is 25.1 Å². The van der Waals surface area contributed by atoms with E-state index >= 15 is 0 Å². The molecule has 1 aromatic carbocycles. The third kappa shape index (κ3) is 5.64. The molecule has 3 fully saturated rings. The summed E-state index contributed by atoms with van der Waals surface area (Å²) in [5.41, 5.74) is 0.491. The van der Waals surface area contributed by atoms with Crippen LogP contribution in [0.4, 0.5) is 4.79 Å². The van der Waals surface area contributed by atoms with Gasteiger partial charge in [-0.05, 0) is 37.8 Å². The summed E-state index contributed by atoms with van der Waals surface area (Å²) in [6, 6.07) is 7.31. The van der Waals surface area contributed by atoms with E-state index < -0.39 is 18.0 Å². The largest absolute Gasteiger partial charge is 0.354 e. The Bertz CT molecular complexity index is 871. The van der Waals surface area contributed by atoms with Crippen molar-refractivity contribution in [2.24, 2.45) is 0 Å². The highest BCUT2D eigenvalue weighted by Crippen LogP contribution is 2.19. The standard InChI is InChI=1S/C24H33N5O4/c30-21-19(12-7-13-25-21)27-22(31)20-16-28(24(33)26-18-10-5-2-6-11-18)14-15-29(20)23(32)17-8-3-1-4-9-17/h1,3-4,8-9,18-20H,2,5-7,10-16H2,(H,25,30)(H,26,33)(H,27,31)/t19-,20-/m0/s1. The number of hydrogen-bond donors (Lipinski definition) is 3. The maximum atomic E-state index is 13.3. The second-order valence-electron chi connectivity index (χ2n) is 9.11. The lowest BCUT2D eigenvalue weighted by molar-refractivity contribution is -0.133. The Balaban J connectivity index is 1.48. The molecule has 4 rings (SSSR count). The summed E-state index contributed by atoms with van der Waals surface area (Å²) in [5, 5.41) is 8.68. The fourth-order valence-electron chi connectivity index (χ4n) is 4.87. The maximum Gasteiger partial charge on any atom is 0.317 e. The van der Waals surface area contributed by atoms with Gasteiger partial charge in [0.25, 0.3) is 5.91 Å². The second-order valence-corrected chi connectivity index (χ2v) is 9.11. The number of piperidine rings is 1. The minimum Gasteiger partial charge on any atom is -0.354 e. The number of urea groups is 1. The Labute approximate surface area is 194 Å². The molecule has 33 heavy (non-hydrogen) atoms. The molecule has 3 aliphatic rings. The first-order chi connectivity index (χ1) is 16.0. The van der Waals surface area contributed by atoms with Crippen molar-refractivity contribution >= 4 is 23.8 Å². The molecule has 2 heterocycles. The third-order valence-corrected chi connectivity index (χ3v) is 6.79. The highest BCUT2D eigenvalue weighted by Gasteiger charge is 2.39. The van der Waals surface area contributed by atoms with Crippen molar-refractivity contribution in [3.8, 4) is 0 Å². The molecule has 178 valence electrons. The van der Waals surface area contributed by atoms with Crippen LogP contribution in [-0.2, 0) is 9.59 Å². The van der Waals surface area contributed by atoms with E-state index in [1.807, 2.05) is 6.07 Å². The minimum absolute atomic E-state index is 0.0945. The van der Waals surface area contributed by atoms with Crippen LogP contribution in [0.3, 0.4) is 0 Å². The molecule has 0 aromatic heterocycles. The van der Waals surface area contributed by atoms with Crippen LogP contribution in [0.2, 0.25) is 0 Å². The van der Waals surface area contributed by atoms with E-state index in [1.54, 1.807) is 29.2 Å². The van der Waals surface area contributed by atoms with E-state index in [1.165, 1.54) is 11.3 Å². The molecule has 2 aliphatic heterocycles. The van der Waals surface area contributed by atoms with Crippen LogP contribution < -0.4 is 16.0 Å². The summed E-state index contributed by atoms with van der Waals surface area (Å²) < 4.78 is 0. The maximum absolute atomic E-state index is 13.3. The summed E-state index contributed by atoms with van der Waals surface area (Å²) in [6.45, 7) is 1.30. The summed E-state index contributed by atoms with van der Waals surface area (Å²) in [4.78, 5) is 54.7. The lowest BCUT2D eigenvalue weighted by Crippen LogP contribution is -2.64. The molecule has 1 aromatic rings. The fourth-order valence-corrected chi connectivity index (χ4v) is 4.87. The van der Waals surface area contributed by atoms with Gasteiger partial charge < -0.3 is 25.8 Å². The van der Waals surface area contributed by atoms with Crippen molar-refractivity contribution in [1.82, 2.24) is 25.8 Å². The van der Waals surface area contributed by atoms with Crippen LogP contribution in [0.5, 0.6) is 0 Å². The number of hydrogen-bond acceptors (Lipinski definition) is 4.